The van der Waals surface area contributed by atoms with Crippen molar-refractivity contribution in [3.63, 3.8) is 0 Å². The van der Waals surface area contributed by atoms with E-state index in [1.54, 1.807) is 0 Å². The summed E-state index contributed by atoms with van der Waals surface area (Å²) in [6, 6.07) is 8.75. The minimum absolute atomic E-state index is 0.350. The van der Waals surface area contributed by atoms with Crippen molar-refractivity contribution in [3.8, 4) is 0 Å². The van der Waals surface area contributed by atoms with Crippen LogP contribution in [-0.2, 0) is 17.8 Å². The minimum atomic E-state index is 0.350. The van der Waals surface area contributed by atoms with Crippen LogP contribution < -0.4 is 5.32 Å². The first-order valence-corrected chi connectivity index (χ1v) is 7.37. The molecule has 0 radical (unpaired) electrons. The fraction of sp³-hybridized carbons (Fsp3) is 0.625. The number of ether oxygens (including phenoxy) is 1. The van der Waals surface area contributed by atoms with Crippen LogP contribution in [0.3, 0.4) is 0 Å². The Kier molecular flexibility index (Phi) is 5.83. The number of rotatable bonds is 8. The van der Waals surface area contributed by atoms with Gasteiger partial charge in [-0.1, -0.05) is 24.3 Å². The third-order valence-corrected chi connectivity index (χ3v) is 3.46. The summed E-state index contributed by atoms with van der Waals surface area (Å²) in [6.45, 7) is 10.5. The van der Waals surface area contributed by atoms with E-state index in [9.17, 15) is 0 Å². The third kappa shape index (κ3) is 4.94. The Balaban J connectivity index is 1.52. The number of fused-ring (bicyclic) bond motifs is 1. The van der Waals surface area contributed by atoms with Crippen molar-refractivity contribution in [2.75, 3.05) is 26.2 Å². The Morgan fingerprint density at radius 1 is 1.16 bits per heavy atom. The van der Waals surface area contributed by atoms with Crippen molar-refractivity contribution in [2.45, 2.75) is 39.5 Å². The van der Waals surface area contributed by atoms with Crippen LogP contribution in [0.25, 0.3) is 0 Å². The summed E-state index contributed by atoms with van der Waals surface area (Å²) in [5.41, 5.74) is 2.99. The Hall–Kier alpha value is -0.900. The second kappa shape index (κ2) is 7.63. The standard InChI is InChI=1S/C16H26N2O/c1-14(2)19-11-5-8-17-9-10-18-12-15-6-3-4-7-16(15)13-18/h3-4,6-7,14,17H,5,8-13H2,1-2H3. The number of hydrogen-bond donors (Lipinski definition) is 1. The monoisotopic (exact) mass is 262 g/mol. The van der Waals surface area contributed by atoms with E-state index < -0.39 is 0 Å². The third-order valence-electron chi connectivity index (χ3n) is 3.46. The van der Waals surface area contributed by atoms with Gasteiger partial charge in [-0.3, -0.25) is 4.90 Å². The Bertz CT molecular complexity index is 354. The van der Waals surface area contributed by atoms with Crippen LogP contribution in [-0.4, -0.2) is 37.2 Å². The first-order chi connectivity index (χ1) is 9.25. The molecule has 19 heavy (non-hydrogen) atoms. The van der Waals surface area contributed by atoms with Crippen LogP contribution in [0.5, 0.6) is 0 Å². The van der Waals surface area contributed by atoms with E-state index in [-0.39, 0.29) is 0 Å². The molecular weight excluding hydrogens is 236 g/mol. The molecule has 0 atom stereocenters. The maximum absolute atomic E-state index is 5.51. The SMILES string of the molecule is CC(C)OCCCNCCN1Cc2ccccc2C1. The van der Waals surface area contributed by atoms with Gasteiger partial charge in [0.15, 0.2) is 0 Å². The quantitative estimate of drug-likeness (QED) is 0.728. The number of benzene rings is 1. The molecule has 0 amide bonds. The number of nitrogens with one attached hydrogen (secondary N) is 1. The van der Waals surface area contributed by atoms with E-state index in [0.717, 1.165) is 45.8 Å². The highest BCUT2D eigenvalue weighted by Gasteiger charge is 2.16. The van der Waals surface area contributed by atoms with Crippen molar-refractivity contribution in [3.05, 3.63) is 35.4 Å². The number of nitrogens with zero attached hydrogens (tertiary/aromatic N) is 1. The summed E-state index contributed by atoms with van der Waals surface area (Å²) in [5.74, 6) is 0. The fourth-order valence-electron chi connectivity index (χ4n) is 2.44. The molecule has 106 valence electrons. The largest absolute Gasteiger partial charge is 0.379 e. The lowest BCUT2D eigenvalue weighted by Crippen LogP contribution is -2.29. The molecule has 1 heterocycles. The van der Waals surface area contributed by atoms with Gasteiger partial charge in [-0.15, -0.1) is 0 Å². The smallest absolute Gasteiger partial charge is 0.0518 e. The summed E-state index contributed by atoms with van der Waals surface area (Å²) in [5, 5.41) is 3.49. The molecule has 0 aliphatic carbocycles. The second-order valence-electron chi connectivity index (χ2n) is 5.50. The Morgan fingerprint density at radius 2 is 1.84 bits per heavy atom. The van der Waals surface area contributed by atoms with E-state index in [2.05, 4.69) is 48.3 Å². The molecule has 1 aliphatic rings. The molecule has 0 aromatic heterocycles. The van der Waals surface area contributed by atoms with Gasteiger partial charge in [-0.05, 0) is 37.9 Å². The molecule has 0 spiro atoms. The van der Waals surface area contributed by atoms with Gasteiger partial charge >= 0.3 is 0 Å². The average molecular weight is 262 g/mol. The summed E-state index contributed by atoms with van der Waals surface area (Å²) in [6.07, 6.45) is 1.45. The molecule has 0 saturated heterocycles. The van der Waals surface area contributed by atoms with Crippen LogP contribution in [0.4, 0.5) is 0 Å². The predicted molar refractivity (Wildman–Crippen MR) is 79.1 cm³/mol. The van der Waals surface area contributed by atoms with E-state index in [0.29, 0.717) is 6.10 Å². The zero-order valence-corrected chi connectivity index (χ0v) is 12.2. The van der Waals surface area contributed by atoms with Gasteiger partial charge in [-0.2, -0.15) is 0 Å². The molecule has 0 bridgehead atoms. The highest BCUT2D eigenvalue weighted by Crippen LogP contribution is 2.21. The molecule has 0 saturated carbocycles. The lowest BCUT2D eigenvalue weighted by Gasteiger charge is -2.15. The van der Waals surface area contributed by atoms with Crippen LogP contribution >= 0.6 is 0 Å². The molecule has 3 nitrogen and oxygen atoms in total. The van der Waals surface area contributed by atoms with Gasteiger partial charge in [0.2, 0.25) is 0 Å². The van der Waals surface area contributed by atoms with Crippen molar-refractivity contribution in [1.29, 1.82) is 0 Å². The molecular formula is C16H26N2O. The van der Waals surface area contributed by atoms with Crippen LogP contribution in [0.1, 0.15) is 31.4 Å². The number of hydrogen-bond acceptors (Lipinski definition) is 3. The van der Waals surface area contributed by atoms with Crippen LogP contribution in [0.15, 0.2) is 24.3 Å². The summed E-state index contributed by atoms with van der Waals surface area (Å²) in [7, 11) is 0. The maximum Gasteiger partial charge on any atom is 0.0518 e. The normalized spacial score (nSPS) is 15.1. The summed E-state index contributed by atoms with van der Waals surface area (Å²) in [4.78, 5) is 2.50. The van der Waals surface area contributed by atoms with E-state index >= 15 is 0 Å². The lowest BCUT2D eigenvalue weighted by molar-refractivity contribution is 0.0770. The van der Waals surface area contributed by atoms with Crippen LogP contribution in [0.2, 0.25) is 0 Å². The van der Waals surface area contributed by atoms with E-state index in [1.165, 1.54) is 11.1 Å². The van der Waals surface area contributed by atoms with Crippen molar-refractivity contribution >= 4 is 0 Å². The molecule has 0 fully saturated rings. The van der Waals surface area contributed by atoms with Gasteiger partial charge in [0.25, 0.3) is 0 Å². The first-order valence-electron chi connectivity index (χ1n) is 7.37. The maximum atomic E-state index is 5.51. The van der Waals surface area contributed by atoms with Gasteiger partial charge in [0.1, 0.15) is 0 Å². The molecule has 1 N–H and O–H groups in total. The molecule has 2 rings (SSSR count). The average Bonchev–Trinajstić information content (AvgIpc) is 2.79. The Labute approximate surface area is 116 Å². The zero-order valence-electron chi connectivity index (χ0n) is 12.2. The van der Waals surface area contributed by atoms with Gasteiger partial charge in [-0.25, -0.2) is 0 Å². The van der Waals surface area contributed by atoms with Crippen molar-refractivity contribution in [2.24, 2.45) is 0 Å². The molecule has 3 heteroatoms. The molecule has 0 unspecified atom stereocenters. The van der Waals surface area contributed by atoms with E-state index in [4.69, 9.17) is 4.74 Å². The summed E-state index contributed by atoms with van der Waals surface area (Å²) >= 11 is 0. The second-order valence-corrected chi connectivity index (χ2v) is 5.50. The lowest BCUT2D eigenvalue weighted by atomic mass is 10.1. The molecule has 1 aliphatic heterocycles. The fourth-order valence-corrected chi connectivity index (χ4v) is 2.44. The molecule has 1 aromatic rings. The minimum Gasteiger partial charge on any atom is -0.379 e. The Morgan fingerprint density at radius 3 is 2.47 bits per heavy atom. The summed E-state index contributed by atoms with van der Waals surface area (Å²) < 4.78 is 5.51. The predicted octanol–water partition coefficient (Wildman–Crippen LogP) is 2.41. The first kappa shape index (κ1) is 14.5. The van der Waals surface area contributed by atoms with Crippen molar-refractivity contribution in [1.82, 2.24) is 10.2 Å². The van der Waals surface area contributed by atoms with Gasteiger partial charge in [0.05, 0.1) is 6.10 Å². The van der Waals surface area contributed by atoms with Crippen LogP contribution in [0, 0.1) is 0 Å². The zero-order chi connectivity index (χ0) is 13.5. The van der Waals surface area contributed by atoms with E-state index in [1.807, 2.05) is 0 Å². The molecule has 1 aromatic carbocycles. The highest BCUT2D eigenvalue weighted by molar-refractivity contribution is 5.30. The van der Waals surface area contributed by atoms with Crippen molar-refractivity contribution < 1.29 is 4.74 Å². The highest BCUT2D eigenvalue weighted by atomic mass is 16.5. The van der Waals surface area contributed by atoms with Gasteiger partial charge in [0, 0.05) is 32.8 Å². The van der Waals surface area contributed by atoms with Gasteiger partial charge < -0.3 is 10.1 Å². The topological polar surface area (TPSA) is 24.5 Å².